The summed E-state index contributed by atoms with van der Waals surface area (Å²) in [4.78, 5) is 28.4. The molecule has 5 nitrogen and oxygen atoms in total. The zero-order valence-corrected chi connectivity index (χ0v) is 13.9. The molecule has 1 aromatic carbocycles. The largest absolute Gasteiger partial charge is 0.332 e. The number of nitrogens with zero attached hydrogens (tertiary/aromatic N) is 2. The van der Waals surface area contributed by atoms with Gasteiger partial charge in [0.2, 0.25) is 11.8 Å². The maximum Gasteiger partial charge on any atom is 0.249 e. The Morgan fingerprint density at radius 2 is 2.23 bits per heavy atom. The van der Waals surface area contributed by atoms with Crippen LogP contribution >= 0.6 is 23.4 Å². The van der Waals surface area contributed by atoms with Gasteiger partial charge in [0.05, 0.1) is 16.8 Å². The van der Waals surface area contributed by atoms with Crippen LogP contribution in [-0.2, 0) is 9.59 Å². The van der Waals surface area contributed by atoms with Gasteiger partial charge in [0.15, 0.2) is 0 Å². The molecule has 2 aliphatic heterocycles. The second-order valence-electron chi connectivity index (χ2n) is 5.47. The minimum atomic E-state index is -0.406. The Balaban J connectivity index is 1.73. The molecule has 2 aliphatic rings. The van der Waals surface area contributed by atoms with E-state index in [1.165, 1.54) is 0 Å². The summed E-state index contributed by atoms with van der Waals surface area (Å²) in [6.45, 7) is 0.581. The summed E-state index contributed by atoms with van der Waals surface area (Å²) in [5.74, 6) is 1.48. The molecular formula is C15H18ClN3O2S. The number of halogens is 1. The third kappa shape index (κ3) is 2.83. The van der Waals surface area contributed by atoms with Gasteiger partial charge >= 0.3 is 0 Å². The number of carbonyl (C=O) groups excluding carboxylic acids is 2. The highest BCUT2D eigenvalue weighted by molar-refractivity contribution is 7.99. The van der Waals surface area contributed by atoms with Crippen LogP contribution in [0.4, 0.5) is 5.69 Å². The smallest absolute Gasteiger partial charge is 0.249 e. The third-order valence-electron chi connectivity index (χ3n) is 4.15. The van der Waals surface area contributed by atoms with Crippen LogP contribution in [0.25, 0.3) is 0 Å². The summed E-state index contributed by atoms with van der Waals surface area (Å²) in [7, 11) is 1.71. The Bertz CT molecular complexity index is 592. The lowest BCUT2D eigenvalue weighted by Crippen LogP contribution is -2.50. The van der Waals surface area contributed by atoms with Gasteiger partial charge in [-0.2, -0.15) is 0 Å². The van der Waals surface area contributed by atoms with E-state index >= 15 is 0 Å². The average Bonchev–Trinajstić information content (AvgIpc) is 3.16. The molecule has 0 aromatic heterocycles. The van der Waals surface area contributed by atoms with Crippen molar-refractivity contribution in [3.8, 4) is 0 Å². The molecule has 2 saturated heterocycles. The molecule has 2 heterocycles. The first-order valence-corrected chi connectivity index (χ1v) is 8.76. The van der Waals surface area contributed by atoms with Gasteiger partial charge in [0.1, 0.15) is 6.04 Å². The fourth-order valence-corrected chi connectivity index (χ4v) is 4.06. The van der Waals surface area contributed by atoms with E-state index in [0.29, 0.717) is 23.7 Å². The van der Waals surface area contributed by atoms with E-state index in [2.05, 4.69) is 5.32 Å². The van der Waals surface area contributed by atoms with E-state index in [1.807, 2.05) is 18.2 Å². The zero-order chi connectivity index (χ0) is 15.7. The second kappa shape index (κ2) is 6.48. The first-order valence-electron chi connectivity index (χ1n) is 7.23. The molecule has 2 atom stereocenters. The molecule has 1 unspecified atom stereocenters. The van der Waals surface area contributed by atoms with Crippen LogP contribution in [0.1, 0.15) is 6.42 Å². The van der Waals surface area contributed by atoms with E-state index in [4.69, 9.17) is 11.6 Å². The topological polar surface area (TPSA) is 52.7 Å². The van der Waals surface area contributed by atoms with Crippen molar-refractivity contribution in [2.24, 2.45) is 0 Å². The van der Waals surface area contributed by atoms with Crippen LogP contribution in [0.2, 0.25) is 5.02 Å². The normalized spacial score (nSPS) is 24.8. The SMILES string of the molecule is CN(C(=O)[C@H]1CSCN1)C1CCN(c2ccccc2Cl)C1=O. The Morgan fingerprint density at radius 1 is 1.45 bits per heavy atom. The summed E-state index contributed by atoms with van der Waals surface area (Å²) in [6, 6.07) is 6.71. The quantitative estimate of drug-likeness (QED) is 0.908. The zero-order valence-electron chi connectivity index (χ0n) is 12.3. The van der Waals surface area contributed by atoms with E-state index in [1.54, 1.807) is 34.7 Å². The lowest BCUT2D eigenvalue weighted by Gasteiger charge is -2.26. The first kappa shape index (κ1) is 15.6. The van der Waals surface area contributed by atoms with Crippen LogP contribution in [0, 0.1) is 0 Å². The van der Waals surface area contributed by atoms with E-state index in [0.717, 1.165) is 11.6 Å². The maximum atomic E-state index is 12.7. The minimum absolute atomic E-state index is 0.00985. The fraction of sp³-hybridized carbons (Fsp3) is 0.467. The van der Waals surface area contributed by atoms with Crippen molar-refractivity contribution in [2.75, 3.05) is 30.1 Å². The number of nitrogens with one attached hydrogen (secondary N) is 1. The van der Waals surface area contributed by atoms with Crippen LogP contribution < -0.4 is 10.2 Å². The maximum absolute atomic E-state index is 12.7. The molecular weight excluding hydrogens is 322 g/mol. The molecule has 1 N–H and O–H groups in total. The standard InChI is InChI=1S/C15H18ClN3O2S/c1-18(14(20)11-8-22-9-17-11)13-6-7-19(15(13)21)12-5-3-2-4-10(12)16/h2-5,11,13,17H,6-9H2,1H3/t11-,13?/m1/s1. The monoisotopic (exact) mass is 339 g/mol. The number of rotatable bonds is 3. The lowest BCUT2D eigenvalue weighted by atomic mass is 10.2. The lowest BCUT2D eigenvalue weighted by molar-refractivity contribution is -0.137. The molecule has 0 radical (unpaired) electrons. The summed E-state index contributed by atoms with van der Waals surface area (Å²) in [5, 5.41) is 3.71. The average molecular weight is 340 g/mol. The minimum Gasteiger partial charge on any atom is -0.332 e. The van der Waals surface area contributed by atoms with Gasteiger partial charge in [0.25, 0.3) is 0 Å². The Kier molecular flexibility index (Phi) is 4.61. The van der Waals surface area contributed by atoms with Gasteiger partial charge in [-0.25, -0.2) is 0 Å². The number of hydrogen-bond acceptors (Lipinski definition) is 4. The number of benzene rings is 1. The summed E-state index contributed by atoms with van der Waals surface area (Å²) >= 11 is 7.88. The molecule has 22 heavy (non-hydrogen) atoms. The summed E-state index contributed by atoms with van der Waals surface area (Å²) < 4.78 is 0. The molecule has 2 fully saturated rings. The number of thioether (sulfide) groups is 1. The highest BCUT2D eigenvalue weighted by Crippen LogP contribution is 2.30. The van der Waals surface area contributed by atoms with Crippen molar-refractivity contribution in [2.45, 2.75) is 18.5 Å². The predicted molar refractivity (Wildman–Crippen MR) is 89.2 cm³/mol. The Labute approximate surface area is 139 Å². The van der Waals surface area contributed by atoms with Crippen molar-refractivity contribution < 1.29 is 9.59 Å². The van der Waals surface area contributed by atoms with Crippen LogP contribution in [0.15, 0.2) is 24.3 Å². The van der Waals surface area contributed by atoms with Gasteiger partial charge in [0, 0.05) is 25.2 Å². The van der Waals surface area contributed by atoms with E-state index in [9.17, 15) is 9.59 Å². The highest BCUT2D eigenvalue weighted by atomic mass is 35.5. The van der Waals surface area contributed by atoms with E-state index < -0.39 is 6.04 Å². The number of likely N-dealkylation sites (N-methyl/N-ethyl adjacent to an activating group) is 1. The molecule has 2 amide bonds. The summed E-state index contributed by atoms with van der Waals surface area (Å²) in [6.07, 6.45) is 0.631. The number of anilines is 1. The molecule has 3 rings (SSSR count). The molecule has 0 aliphatic carbocycles. The molecule has 0 spiro atoms. The molecule has 7 heteroatoms. The highest BCUT2D eigenvalue weighted by Gasteiger charge is 2.39. The number of para-hydroxylation sites is 1. The van der Waals surface area contributed by atoms with Crippen molar-refractivity contribution >= 4 is 40.9 Å². The predicted octanol–water partition coefficient (Wildman–Crippen LogP) is 1.57. The van der Waals surface area contributed by atoms with Gasteiger partial charge in [-0.05, 0) is 18.6 Å². The van der Waals surface area contributed by atoms with Crippen molar-refractivity contribution in [3.63, 3.8) is 0 Å². The molecule has 0 bridgehead atoms. The van der Waals surface area contributed by atoms with Gasteiger partial charge in [-0.15, -0.1) is 11.8 Å². The van der Waals surface area contributed by atoms with Gasteiger partial charge in [-0.3, -0.25) is 14.9 Å². The van der Waals surface area contributed by atoms with Crippen molar-refractivity contribution in [3.05, 3.63) is 29.3 Å². The fourth-order valence-electron chi connectivity index (χ4n) is 2.89. The van der Waals surface area contributed by atoms with Crippen LogP contribution in [0.3, 0.4) is 0 Å². The molecule has 118 valence electrons. The Hall–Kier alpha value is -1.24. The first-order chi connectivity index (χ1) is 10.6. The van der Waals surface area contributed by atoms with Crippen molar-refractivity contribution in [1.82, 2.24) is 10.2 Å². The number of hydrogen-bond donors (Lipinski definition) is 1. The van der Waals surface area contributed by atoms with Crippen molar-refractivity contribution in [1.29, 1.82) is 0 Å². The van der Waals surface area contributed by atoms with Crippen LogP contribution in [-0.4, -0.2) is 54.0 Å². The Morgan fingerprint density at radius 3 is 2.91 bits per heavy atom. The third-order valence-corrected chi connectivity index (χ3v) is 5.41. The number of amides is 2. The van der Waals surface area contributed by atoms with Crippen LogP contribution in [0.5, 0.6) is 0 Å². The molecule has 1 aromatic rings. The molecule has 0 saturated carbocycles. The van der Waals surface area contributed by atoms with Gasteiger partial charge in [-0.1, -0.05) is 23.7 Å². The van der Waals surface area contributed by atoms with E-state index in [-0.39, 0.29) is 17.9 Å². The number of carbonyl (C=O) groups is 2. The second-order valence-corrected chi connectivity index (χ2v) is 6.90. The summed E-state index contributed by atoms with van der Waals surface area (Å²) in [5.41, 5.74) is 0.715. The van der Waals surface area contributed by atoms with Gasteiger partial charge < -0.3 is 9.80 Å².